The number of thioether (sulfide) groups is 1. The molecule has 1 fully saturated rings. The van der Waals surface area contributed by atoms with E-state index in [9.17, 15) is 5.11 Å². The van der Waals surface area contributed by atoms with Gasteiger partial charge in [0, 0.05) is 19.6 Å². The lowest BCUT2D eigenvalue weighted by molar-refractivity contribution is 0.196. The van der Waals surface area contributed by atoms with E-state index in [0.717, 1.165) is 31.0 Å². The van der Waals surface area contributed by atoms with Gasteiger partial charge in [-0.15, -0.1) is 0 Å². The lowest BCUT2D eigenvalue weighted by Crippen LogP contribution is -2.22. The number of aliphatic hydroxyl groups is 1. The summed E-state index contributed by atoms with van der Waals surface area (Å²) < 4.78 is 2.05. The number of fused-ring (bicyclic) bond motifs is 1. The molecule has 0 aliphatic carbocycles. The van der Waals surface area contributed by atoms with Crippen molar-refractivity contribution in [1.82, 2.24) is 14.8 Å². The van der Waals surface area contributed by atoms with Gasteiger partial charge >= 0.3 is 0 Å². The Balaban J connectivity index is 1.77. The minimum atomic E-state index is 0.278. The number of hydrogen-bond acceptors (Lipinski definition) is 4. The molecule has 5 heteroatoms. The molecule has 2 aliphatic rings. The van der Waals surface area contributed by atoms with E-state index in [-0.39, 0.29) is 6.61 Å². The highest BCUT2D eigenvalue weighted by molar-refractivity contribution is 7.99. The molecule has 2 atom stereocenters. The highest BCUT2D eigenvalue weighted by Crippen LogP contribution is 2.37. The second-order valence-corrected chi connectivity index (χ2v) is 6.32. The zero-order valence-electron chi connectivity index (χ0n) is 10.0. The van der Waals surface area contributed by atoms with Crippen molar-refractivity contribution >= 4 is 11.8 Å². The molecule has 3 heterocycles. The summed E-state index contributed by atoms with van der Waals surface area (Å²) in [5.41, 5.74) is 0. The Hall–Kier alpha value is -0.550. The van der Waals surface area contributed by atoms with Crippen LogP contribution in [0.5, 0.6) is 0 Å². The van der Waals surface area contributed by atoms with Crippen LogP contribution < -0.4 is 0 Å². The van der Waals surface area contributed by atoms with Gasteiger partial charge in [0.15, 0.2) is 5.82 Å². The van der Waals surface area contributed by atoms with Gasteiger partial charge in [0.1, 0.15) is 5.82 Å². The molecule has 1 aromatic rings. The molecule has 1 saturated heterocycles. The summed E-state index contributed by atoms with van der Waals surface area (Å²) in [6, 6.07) is 0. The monoisotopic (exact) mass is 253 g/mol. The first-order valence-corrected chi connectivity index (χ1v) is 7.58. The normalized spacial score (nSPS) is 29.0. The van der Waals surface area contributed by atoms with Crippen LogP contribution >= 0.6 is 11.8 Å². The third-order valence-electron chi connectivity index (χ3n) is 3.71. The van der Waals surface area contributed by atoms with Crippen LogP contribution in [0.25, 0.3) is 0 Å². The molecule has 0 saturated carbocycles. The van der Waals surface area contributed by atoms with Crippen molar-refractivity contribution in [1.29, 1.82) is 0 Å². The van der Waals surface area contributed by atoms with E-state index in [1.165, 1.54) is 25.0 Å². The molecule has 0 bridgehead atoms. The van der Waals surface area contributed by atoms with Crippen LogP contribution in [0, 0.1) is 5.92 Å². The molecule has 0 radical (unpaired) electrons. The molecule has 0 spiro atoms. The SMILES string of the molecule is OCC1CCn2nc(C3CCCCS3)nc2C1. The van der Waals surface area contributed by atoms with Crippen molar-refractivity contribution in [2.45, 2.75) is 43.9 Å². The Kier molecular flexibility index (Phi) is 3.38. The molecular weight excluding hydrogens is 234 g/mol. The maximum absolute atomic E-state index is 9.21. The minimum absolute atomic E-state index is 0.278. The number of aryl methyl sites for hydroxylation is 1. The first-order chi connectivity index (χ1) is 8.36. The fraction of sp³-hybridized carbons (Fsp3) is 0.833. The smallest absolute Gasteiger partial charge is 0.163 e. The quantitative estimate of drug-likeness (QED) is 0.873. The first-order valence-electron chi connectivity index (χ1n) is 6.53. The summed E-state index contributed by atoms with van der Waals surface area (Å²) in [7, 11) is 0. The van der Waals surface area contributed by atoms with Gasteiger partial charge in [0.25, 0.3) is 0 Å². The van der Waals surface area contributed by atoms with Crippen LogP contribution in [0.15, 0.2) is 0 Å². The second-order valence-electron chi connectivity index (χ2n) is 5.01. The molecule has 4 nitrogen and oxygen atoms in total. The Morgan fingerprint density at radius 3 is 3.06 bits per heavy atom. The zero-order valence-corrected chi connectivity index (χ0v) is 10.8. The van der Waals surface area contributed by atoms with E-state index < -0.39 is 0 Å². The van der Waals surface area contributed by atoms with Gasteiger partial charge in [-0.25, -0.2) is 9.67 Å². The van der Waals surface area contributed by atoms with Gasteiger partial charge in [0.05, 0.1) is 5.25 Å². The molecule has 2 unspecified atom stereocenters. The molecule has 3 rings (SSSR count). The van der Waals surface area contributed by atoms with E-state index in [1.54, 1.807) is 0 Å². The molecule has 1 aromatic heterocycles. The van der Waals surface area contributed by atoms with Crippen LogP contribution in [0.3, 0.4) is 0 Å². The van der Waals surface area contributed by atoms with E-state index in [0.29, 0.717) is 11.2 Å². The van der Waals surface area contributed by atoms with Crippen LogP contribution in [0.2, 0.25) is 0 Å². The van der Waals surface area contributed by atoms with Gasteiger partial charge in [-0.1, -0.05) is 6.42 Å². The summed E-state index contributed by atoms with van der Waals surface area (Å²) in [5, 5.41) is 14.4. The van der Waals surface area contributed by atoms with Gasteiger partial charge in [-0.05, 0) is 30.9 Å². The maximum atomic E-state index is 9.21. The van der Waals surface area contributed by atoms with Crippen LogP contribution in [0.4, 0.5) is 0 Å². The average molecular weight is 253 g/mol. The highest BCUT2D eigenvalue weighted by atomic mass is 32.2. The Bertz CT molecular complexity index is 387. The van der Waals surface area contributed by atoms with E-state index >= 15 is 0 Å². The predicted molar refractivity (Wildman–Crippen MR) is 68.0 cm³/mol. The largest absolute Gasteiger partial charge is 0.396 e. The van der Waals surface area contributed by atoms with Crippen molar-refractivity contribution < 1.29 is 5.11 Å². The fourth-order valence-corrected chi connectivity index (χ4v) is 3.86. The van der Waals surface area contributed by atoms with Crippen molar-refractivity contribution in [2.75, 3.05) is 12.4 Å². The summed E-state index contributed by atoms with van der Waals surface area (Å²) in [5.74, 6) is 3.74. The van der Waals surface area contributed by atoms with Crippen molar-refractivity contribution in [3.63, 3.8) is 0 Å². The molecule has 17 heavy (non-hydrogen) atoms. The third kappa shape index (κ3) is 2.36. The topological polar surface area (TPSA) is 50.9 Å². The Morgan fingerprint density at radius 1 is 1.35 bits per heavy atom. The first kappa shape index (κ1) is 11.5. The highest BCUT2D eigenvalue weighted by Gasteiger charge is 2.25. The fourth-order valence-electron chi connectivity index (χ4n) is 2.63. The van der Waals surface area contributed by atoms with Gasteiger partial charge < -0.3 is 5.11 Å². The zero-order chi connectivity index (χ0) is 11.7. The summed E-state index contributed by atoms with van der Waals surface area (Å²) >= 11 is 2.00. The number of rotatable bonds is 2. The minimum Gasteiger partial charge on any atom is -0.396 e. The van der Waals surface area contributed by atoms with Crippen molar-refractivity contribution in [3.8, 4) is 0 Å². The van der Waals surface area contributed by atoms with E-state index in [1.807, 2.05) is 11.8 Å². The Morgan fingerprint density at radius 2 is 2.29 bits per heavy atom. The van der Waals surface area contributed by atoms with E-state index in [4.69, 9.17) is 4.98 Å². The third-order valence-corrected chi connectivity index (χ3v) is 5.08. The molecule has 2 aliphatic heterocycles. The van der Waals surface area contributed by atoms with Crippen LogP contribution in [-0.4, -0.2) is 32.2 Å². The summed E-state index contributed by atoms with van der Waals surface area (Å²) in [6.45, 7) is 1.20. The molecule has 1 N–H and O–H groups in total. The predicted octanol–water partition coefficient (Wildman–Crippen LogP) is 1.79. The number of aromatic nitrogens is 3. The standard InChI is InChI=1S/C12H19N3OS/c16-8-9-4-5-15-11(7-9)13-12(14-15)10-3-1-2-6-17-10/h9-10,16H,1-8H2. The van der Waals surface area contributed by atoms with Crippen molar-refractivity contribution in [2.24, 2.45) is 5.92 Å². The lowest BCUT2D eigenvalue weighted by Gasteiger charge is -2.19. The molecule has 0 amide bonds. The summed E-state index contributed by atoms with van der Waals surface area (Å²) in [4.78, 5) is 4.69. The summed E-state index contributed by atoms with van der Waals surface area (Å²) in [6.07, 6.45) is 5.78. The maximum Gasteiger partial charge on any atom is 0.163 e. The van der Waals surface area contributed by atoms with Crippen LogP contribution in [-0.2, 0) is 13.0 Å². The van der Waals surface area contributed by atoms with Gasteiger partial charge in [-0.2, -0.15) is 16.9 Å². The van der Waals surface area contributed by atoms with Gasteiger partial charge in [0.2, 0.25) is 0 Å². The van der Waals surface area contributed by atoms with E-state index in [2.05, 4.69) is 9.78 Å². The van der Waals surface area contributed by atoms with Crippen LogP contribution in [0.1, 0.15) is 42.6 Å². The molecule has 94 valence electrons. The van der Waals surface area contributed by atoms with Crippen molar-refractivity contribution in [3.05, 3.63) is 11.6 Å². The number of nitrogens with zero attached hydrogens (tertiary/aromatic N) is 3. The van der Waals surface area contributed by atoms with Gasteiger partial charge in [-0.3, -0.25) is 0 Å². The lowest BCUT2D eigenvalue weighted by atomic mass is 9.99. The Labute approximate surface area is 106 Å². The number of hydrogen-bond donors (Lipinski definition) is 1. The molecular formula is C12H19N3OS. The molecule has 0 aromatic carbocycles. The number of aliphatic hydroxyl groups excluding tert-OH is 1. The average Bonchev–Trinajstić information content (AvgIpc) is 2.82. The second kappa shape index (κ2) is 4.98.